The zero-order valence-corrected chi connectivity index (χ0v) is 18.6. The third-order valence-corrected chi connectivity index (χ3v) is 5.48. The van der Waals surface area contributed by atoms with Gasteiger partial charge in [-0.2, -0.15) is 0 Å². The van der Waals surface area contributed by atoms with Crippen molar-refractivity contribution >= 4 is 16.9 Å². The van der Waals surface area contributed by atoms with Gasteiger partial charge in [0.25, 0.3) is 5.56 Å². The Hall–Kier alpha value is -3.42. The van der Waals surface area contributed by atoms with Crippen LogP contribution >= 0.6 is 0 Å². The highest BCUT2D eigenvalue weighted by atomic mass is 19.1. The molecule has 0 saturated carbocycles. The highest BCUT2D eigenvalue weighted by Gasteiger charge is 2.31. The number of amides is 1. The van der Waals surface area contributed by atoms with Crippen molar-refractivity contribution < 1.29 is 18.7 Å². The maximum Gasteiger partial charge on any atom is 0.410 e. The Morgan fingerprint density at radius 3 is 2.75 bits per heavy atom. The normalized spacial score (nSPS) is 16.4. The van der Waals surface area contributed by atoms with E-state index in [0.717, 1.165) is 12.1 Å². The number of aromatic nitrogens is 2. The number of aromatic amines is 1. The minimum absolute atomic E-state index is 0.0153. The first-order valence-corrected chi connectivity index (χ1v) is 10.5. The van der Waals surface area contributed by atoms with Gasteiger partial charge >= 0.3 is 6.09 Å². The van der Waals surface area contributed by atoms with E-state index in [9.17, 15) is 14.0 Å². The van der Waals surface area contributed by atoms with Crippen molar-refractivity contribution in [3.63, 3.8) is 0 Å². The molecule has 168 valence electrons. The molecule has 1 fully saturated rings. The van der Waals surface area contributed by atoms with Crippen molar-refractivity contribution in [2.45, 2.75) is 38.7 Å². The van der Waals surface area contributed by atoms with Gasteiger partial charge in [0.2, 0.25) is 0 Å². The van der Waals surface area contributed by atoms with Crippen LogP contribution in [0.4, 0.5) is 9.18 Å². The van der Waals surface area contributed by atoms with Gasteiger partial charge in [-0.15, -0.1) is 0 Å². The monoisotopic (exact) mass is 439 g/mol. The summed E-state index contributed by atoms with van der Waals surface area (Å²) in [6, 6.07) is 8.03. The minimum Gasteiger partial charge on any atom is -0.496 e. The topological polar surface area (TPSA) is 84.5 Å². The predicted molar refractivity (Wildman–Crippen MR) is 119 cm³/mol. The maximum atomic E-state index is 14.3. The van der Waals surface area contributed by atoms with Crippen molar-refractivity contribution in [1.29, 1.82) is 0 Å². The first-order valence-electron chi connectivity index (χ1n) is 10.5. The van der Waals surface area contributed by atoms with Gasteiger partial charge in [-0.25, -0.2) is 9.18 Å². The van der Waals surface area contributed by atoms with Gasteiger partial charge in [-0.1, -0.05) is 0 Å². The van der Waals surface area contributed by atoms with E-state index >= 15 is 0 Å². The molecular weight excluding hydrogens is 413 g/mol. The van der Waals surface area contributed by atoms with E-state index in [2.05, 4.69) is 9.97 Å². The second-order valence-electron chi connectivity index (χ2n) is 8.94. The van der Waals surface area contributed by atoms with Crippen LogP contribution in [0.1, 0.15) is 38.8 Å². The molecule has 0 unspecified atom stereocenters. The Morgan fingerprint density at radius 1 is 1.28 bits per heavy atom. The molecule has 1 aromatic carbocycles. The molecule has 4 rings (SSSR count). The fourth-order valence-corrected chi connectivity index (χ4v) is 3.98. The second-order valence-corrected chi connectivity index (χ2v) is 8.94. The lowest BCUT2D eigenvalue weighted by Crippen LogP contribution is -2.35. The Labute approximate surface area is 185 Å². The number of nitrogens with one attached hydrogen (secondary N) is 1. The molecule has 8 heteroatoms. The summed E-state index contributed by atoms with van der Waals surface area (Å²) in [7, 11) is 1.50. The van der Waals surface area contributed by atoms with E-state index in [1.54, 1.807) is 17.0 Å². The third kappa shape index (κ3) is 4.30. The zero-order valence-electron chi connectivity index (χ0n) is 18.6. The number of methoxy groups -OCH3 is 1. The number of ether oxygens (including phenoxy) is 2. The van der Waals surface area contributed by atoms with Gasteiger partial charge in [-0.3, -0.25) is 9.78 Å². The number of hydrogen-bond acceptors (Lipinski definition) is 5. The van der Waals surface area contributed by atoms with Crippen molar-refractivity contribution in [3.05, 3.63) is 58.4 Å². The van der Waals surface area contributed by atoms with Crippen LogP contribution in [0, 0.1) is 5.82 Å². The van der Waals surface area contributed by atoms with Crippen LogP contribution in [0.3, 0.4) is 0 Å². The molecule has 1 atom stereocenters. The molecule has 1 aliphatic heterocycles. The van der Waals surface area contributed by atoms with Gasteiger partial charge in [0.1, 0.15) is 22.9 Å². The molecule has 1 saturated heterocycles. The summed E-state index contributed by atoms with van der Waals surface area (Å²) in [6.07, 6.45) is 1.85. The van der Waals surface area contributed by atoms with Crippen LogP contribution in [0.5, 0.6) is 5.75 Å². The van der Waals surface area contributed by atoms with Gasteiger partial charge in [0.05, 0.1) is 7.11 Å². The van der Waals surface area contributed by atoms with Gasteiger partial charge < -0.3 is 19.4 Å². The molecule has 0 spiro atoms. The second kappa shape index (κ2) is 8.26. The number of fused-ring (bicyclic) bond motifs is 1. The van der Waals surface area contributed by atoms with Crippen LogP contribution in [-0.4, -0.2) is 46.8 Å². The van der Waals surface area contributed by atoms with E-state index < -0.39 is 11.4 Å². The van der Waals surface area contributed by atoms with Crippen LogP contribution in [0.2, 0.25) is 0 Å². The number of halogens is 1. The average molecular weight is 439 g/mol. The van der Waals surface area contributed by atoms with Crippen LogP contribution in [0.25, 0.3) is 22.0 Å². The lowest BCUT2D eigenvalue weighted by molar-refractivity contribution is 0.0292. The summed E-state index contributed by atoms with van der Waals surface area (Å²) >= 11 is 0. The lowest BCUT2D eigenvalue weighted by atomic mass is 9.99. The molecule has 3 aromatic rings. The molecule has 0 radical (unpaired) electrons. The van der Waals surface area contributed by atoms with Gasteiger partial charge in [-0.05, 0) is 62.9 Å². The smallest absolute Gasteiger partial charge is 0.410 e. The highest BCUT2D eigenvalue weighted by Crippen LogP contribution is 2.35. The molecule has 1 amide bonds. The standard InChI is InChI=1S/C24H26FN3O4/c1-24(2,3)32-23(30)28-9-7-14(13-28)19-10-15-11-20(31-4)17(12-16(15)22(29)27-19)21-18(25)6-5-8-26-21/h5-6,8,10-12,14H,7,9,13H2,1-4H3,(H,27,29)/t14-/m0/s1. The van der Waals surface area contributed by atoms with Crippen molar-refractivity contribution in [2.75, 3.05) is 20.2 Å². The number of carbonyl (C=O) groups is 1. The predicted octanol–water partition coefficient (Wildman–Crippen LogP) is 4.46. The molecular formula is C24H26FN3O4. The fourth-order valence-electron chi connectivity index (χ4n) is 3.98. The number of pyridine rings is 2. The number of likely N-dealkylation sites (tertiary alicyclic amines) is 1. The molecule has 1 aliphatic rings. The third-order valence-electron chi connectivity index (χ3n) is 5.48. The number of benzene rings is 1. The van der Waals surface area contributed by atoms with Crippen molar-refractivity contribution in [2.24, 2.45) is 0 Å². The van der Waals surface area contributed by atoms with E-state index in [4.69, 9.17) is 9.47 Å². The number of carbonyl (C=O) groups excluding carboxylic acids is 1. The Morgan fingerprint density at radius 2 is 2.06 bits per heavy atom. The molecule has 3 heterocycles. The van der Waals surface area contributed by atoms with Gasteiger partial charge in [0, 0.05) is 41.8 Å². The zero-order chi connectivity index (χ0) is 23.0. The van der Waals surface area contributed by atoms with Crippen molar-refractivity contribution in [1.82, 2.24) is 14.9 Å². The SMILES string of the molecule is COc1cc2cc([C@H]3CCN(C(=O)OC(C)(C)C)C3)[nH]c(=O)c2cc1-c1ncccc1F. The molecule has 2 aromatic heterocycles. The summed E-state index contributed by atoms with van der Waals surface area (Å²) in [4.78, 5) is 34.0. The van der Waals surface area contributed by atoms with Crippen LogP contribution < -0.4 is 10.3 Å². The quantitative estimate of drug-likeness (QED) is 0.651. The largest absolute Gasteiger partial charge is 0.496 e. The van der Waals surface area contributed by atoms with Crippen molar-refractivity contribution in [3.8, 4) is 17.0 Å². The first-order chi connectivity index (χ1) is 15.2. The minimum atomic E-state index is -0.562. The highest BCUT2D eigenvalue weighted by molar-refractivity contribution is 5.90. The molecule has 0 aliphatic carbocycles. The first kappa shape index (κ1) is 21.8. The number of hydrogen-bond donors (Lipinski definition) is 1. The van der Waals surface area contributed by atoms with E-state index in [0.29, 0.717) is 35.2 Å². The van der Waals surface area contributed by atoms with E-state index in [1.165, 1.54) is 25.4 Å². The van der Waals surface area contributed by atoms with Crippen LogP contribution in [0.15, 0.2) is 41.3 Å². The number of rotatable bonds is 3. The molecule has 0 bridgehead atoms. The summed E-state index contributed by atoms with van der Waals surface area (Å²) in [5.74, 6) is -0.0848. The lowest BCUT2D eigenvalue weighted by Gasteiger charge is -2.24. The fraction of sp³-hybridized carbons (Fsp3) is 0.375. The summed E-state index contributed by atoms with van der Waals surface area (Å²) < 4.78 is 25.3. The molecule has 1 N–H and O–H groups in total. The van der Waals surface area contributed by atoms with Crippen LogP contribution in [-0.2, 0) is 4.74 Å². The van der Waals surface area contributed by atoms with E-state index in [1.807, 2.05) is 26.8 Å². The Balaban J connectivity index is 1.68. The summed E-state index contributed by atoms with van der Waals surface area (Å²) in [5.41, 5.74) is 0.431. The summed E-state index contributed by atoms with van der Waals surface area (Å²) in [5, 5.41) is 1.09. The van der Waals surface area contributed by atoms with Gasteiger partial charge in [0.15, 0.2) is 0 Å². The number of H-pyrrole nitrogens is 1. The average Bonchev–Trinajstić information content (AvgIpc) is 3.23. The Kier molecular flexibility index (Phi) is 5.62. The maximum absolute atomic E-state index is 14.3. The van der Waals surface area contributed by atoms with E-state index in [-0.39, 0.29) is 23.3 Å². The number of nitrogens with zero attached hydrogens (tertiary/aromatic N) is 2. The molecule has 7 nitrogen and oxygen atoms in total. The Bertz CT molecular complexity index is 1230. The summed E-state index contributed by atoms with van der Waals surface area (Å²) in [6.45, 7) is 6.51. The molecule has 32 heavy (non-hydrogen) atoms.